The summed E-state index contributed by atoms with van der Waals surface area (Å²) in [6, 6.07) is 0. The Kier molecular flexibility index (Phi) is 6.06. The summed E-state index contributed by atoms with van der Waals surface area (Å²) in [5, 5.41) is 8.11. The number of hydrogen-bond acceptors (Lipinski definition) is 2. The van der Waals surface area contributed by atoms with E-state index in [0.29, 0.717) is 5.92 Å². The fraction of sp³-hybridized carbons (Fsp3) is 0.800. The lowest BCUT2D eigenvalue weighted by molar-refractivity contribution is 0.203. The van der Waals surface area contributed by atoms with Crippen molar-refractivity contribution in [1.29, 1.82) is 0 Å². The second kappa shape index (κ2) is 6.89. The van der Waals surface area contributed by atoms with Crippen LogP contribution in [0.2, 0.25) is 0 Å². The van der Waals surface area contributed by atoms with Gasteiger partial charge < -0.3 is 5.32 Å². The van der Waals surface area contributed by atoms with Crippen molar-refractivity contribution in [3.05, 3.63) is 15.9 Å². The molecule has 0 amide bonds. The molecule has 0 saturated heterocycles. The molecule has 1 unspecified atom stereocenters. The average Bonchev–Trinajstić information content (AvgIpc) is 2.63. The minimum absolute atomic E-state index is 0.248. The van der Waals surface area contributed by atoms with E-state index in [1.54, 1.807) is 0 Å². The lowest BCUT2D eigenvalue weighted by atomic mass is 9.75. The molecule has 0 fully saturated rings. The van der Waals surface area contributed by atoms with Gasteiger partial charge >= 0.3 is 0 Å². The molecule has 1 N–H and O–H groups in total. The van der Waals surface area contributed by atoms with Crippen LogP contribution < -0.4 is 5.32 Å². The summed E-state index contributed by atoms with van der Waals surface area (Å²) in [5.41, 5.74) is 2.67. The first kappa shape index (κ1) is 16.7. The molecule has 0 saturated carbocycles. The first-order valence-electron chi connectivity index (χ1n) is 7.28. The van der Waals surface area contributed by atoms with E-state index in [-0.39, 0.29) is 5.41 Å². The van der Waals surface area contributed by atoms with Crippen LogP contribution in [0.1, 0.15) is 46.0 Å². The summed E-state index contributed by atoms with van der Waals surface area (Å²) in [6.07, 6.45) is 1.05. The molecule has 0 spiro atoms. The van der Waals surface area contributed by atoms with Crippen molar-refractivity contribution in [3.63, 3.8) is 0 Å². The van der Waals surface area contributed by atoms with Crippen molar-refractivity contribution in [1.82, 2.24) is 15.1 Å². The first-order chi connectivity index (χ1) is 8.85. The number of aromatic nitrogens is 2. The van der Waals surface area contributed by atoms with E-state index in [9.17, 15) is 0 Å². The van der Waals surface area contributed by atoms with E-state index in [1.807, 2.05) is 0 Å². The number of halogens is 1. The maximum Gasteiger partial charge on any atom is 0.0738 e. The fourth-order valence-electron chi connectivity index (χ4n) is 2.30. The molecule has 110 valence electrons. The van der Waals surface area contributed by atoms with Gasteiger partial charge in [-0.1, -0.05) is 27.7 Å². The van der Waals surface area contributed by atoms with Crippen LogP contribution in [0.5, 0.6) is 0 Å². The van der Waals surface area contributed by atoms with Crippen molar-refractivity contribution < 1.29 is 0 Å². The molecule has 1 heterocycles. The number of hydrogen-bond donors (Lipinski definition) is 1. The normalized spacial score (nSPS) is 14.9. The van der Waals surface area contributed by atoms with Gasteiger partial charge in [-0.15, -0.1) is 0 Å². The van der Waals surface area contributed by atoms with Gasteiger partial charge in [-0.05, 0) is 54.1 Å². The highest BCUT2D eigenvalue weighted by molar-refractivity contribution is 9.10. The molecular weight excluding hydrogens is 302 g/mol. The summed E-state index contributed by atoms with van der Waals surface area (Å²) in [5.74, 6) is 0.624. The van der Waals surface area contributed by atoms with E-state index in [4.69, 9.17) is 0 Å². The lowest BCUT2D eigenvalue weighted by Crippen LogP contribution is -2.38. The largest absolute Gasteiger partial charge is 0.316 e. The van der Waals surface area contributed by atoms with Gasteiger partial charge in [0.2, 0.25) is 0 Å². The third kappa shape index (κ3) is 3.82. The SMILES string of the molecule is CCNCC(C)(Cc1c(Br)c(C)nn1CC)C(C)C. The molecule has 0 aliphatic carbocycles. The van der Waals surface area contributed by atoms with Crippen molar-refractivity contribution in [3.8, 4) is 0 Å². The van der Waals surface area contributed by atoms with Crippen LogP contribution in [0, 0.1) is 18.3 Å². The van der Waals surface area contributed by atoms with Crippen LogP contribution in [0.4, 0.5) is 0 Å². The Morgan fingerprint density at radius 1 is 1.37 bits per heavy atom. The molecule has 1 aromatic rings. The Bertz CT molecular complexity index is 412. The molecular formula is C15H28BrN3. The Morgan fingerprint density at radius 3 is 2.47 bits per heavy atom. The molecule has 1 aromatic heterocycles. The molecule has 0 bridgehead atoms. The second-order valence-electron chi connectivity index (χ2n) is 5.93. The highest BCUT2D eigenvalue weighted by Gasteiger charge is 2.31. The highest BCUT2D eigenvalue weighted by atomic mass is 79.9. The van der Waals surface area contributed by atoms with Crippen LogP contribution in [0.15, 0.2) is 4.47 Å². The molecule has 19 heavy (non-hydrogen) atoms. The van der Waals surface area contributed by atoms with Gasteiger partial charge in [-0.2, -0.15) is 5.10 Å². The van der Waals surface area contributed by atoms with E-state index in [0.717, 1.165) is 31.7 Å². The van der Waals surface area contributed by atoms with Crippen LogP contribution >= 0.6 is 15.9 Å². The first-order valence-corrected chi connectivity index (χ1v) is 8.07. The van der Waals surface area contributed by atoms with Gasteiger partial charge in [0.25, 0.3) is 0 Å². The zero-order valence-corrected chi connectivity index (χ0v) is 14.8. The summed E-state index contributed by atoms with van der Waals surface area (Å²) >= 11 is 3.71. The van der Waals surface area contributed by atoms with E-state index in [1.165, 1.54) is 10.2 Å². The maximum atomic E-state index is 4.60. The Morgan fingerprint density at radius 2 is 2.00 bits per heavy atom. The minimum atomic E-state index is 0.248. The van der Waals surface area contributed by atoms with E-state index >= 15 is 0 Å². The smallest absolute Gasteiger partial charge is 0.0738 e. The fourth-order valence-corrected chi connectivity index (χ4v) is 2.73. The molecule has 3 nitrogen and oxygen atoms in total. The molecule has 4 heteroatoms. The van der Waals surface area contributed by atoms with Crippen molar-refractivity contribution in [2.24, 2.45) is 11.3 Å². The summed E-state index contributed by atoms with van der Waals surface area (Å²) < 4.78 is 3.31. The number of nitrogens with one attached hydrogen (secondary N) is 1. The zero-order valence-electron chi connectivity index (χ0n) is 13.2. The molecule has 0 aromatic carbocycles. The predicted molar refractivity (Wildman–Crippen MR) is 85.5 cm³/mol. The Hall–Kier alpha value is -0.350. The molecule has 1 atom stereocenters. The maximum absolute atomic E-state index is 4.60. The van der Waals surface area contributed by atoms with Gasteiger partial charge in [0.05, 0.1) is 15.9 Å². The van der Waals surface area contributed by atoms with Gasteiger partial charge in [-0.3, -0.25) is 4.68 Å². The molecule has 0 aliphatic rings. The highest BCUT2D eigenvalue weighted by Crippen LogP contribution is 2.34. The van der Waals surface area contributed by atoms with Crippen LogP contribution in [0.3, 0.4) is 0 Å². The number of aryl methyl sites for hydroxylation is 2. The quantitative estimate of drug-likeness (QED) is 0.824. The lowest BCUT2D eigenvalue weighted by Gasteiger charge is -2.34. The number of nitrogens with zero attached hydrogens (tertiary/aromatic N) is 2. The predicted octanol–water partition coefficient (Wildman–Crippen LogP) is 3.79. The third-order valence-electron chi connectivity index (χ3n) is 4.20. The number of rotatable bonds is 7. The Balaban J connectivity index is 3.02. The van der Waals surface area contributed by atoms with Crippen molar-refractivity contribution in [2.75, 3.05) is 13.1 Å². The van der Waals surface area contributed by atoms with Crippen molar-refractivity contribution in [2.45, 2.75) is 54.5 Å². The third-order valence-corrected chi connectivity index (χ3v) is 5.23. The van der Waals surface area contributed by atoms with Crippen LogP contribution in [-0.4, -0.2) is 22.9 Å². The van der Waals surface area contributed by atoms with Crippen molar-refractivity contribution >= 4 is 15.9 Å². The second-order valence-corrected chi connectivity index (χ2v) is 6.72. The van der Waals surface area contributed by atoms with Crippen LogP contribution in [0.25, 0.3) is 0 Å². The van der Waals surface area contributed by atoms with E-state index < -0.39 is 0 Å². The zero-order chi connectivity index (χ0) is 14.6. The van der Waals surface area contributed by atoms with Gasteiger partial charge in [0, 0.05) is 13.1 Å². The van der Waals surface area contributed by atoms with Gasteiger partial charge in [0.1, 0.15) is 0 Å². The van der Waals surface area contributed by atoms with Gasteiger partial charge in [0.15, 0.2) is 0 Å². The average molecular weight is 330 g/mol. The molecule has 0 radical (unpaired) electrons. The van der Waals surface area contributed by atoms with Gasteiger partial charge in [-0.25, -0.2) is 0 Å². The summed E-state index contributed by atoms with van der Waals surface area (Å²) in [7, 11) is 0. The monoisotopic (exact) mass is 329 g/mol. The molecule has 0 aliphatic heterocycles. The van der Waals surface area contributed by atoms with E-state index in [2.05, 4.69) is 72.6 Å². The standard InChI is InChI=1S/C15H28BrN3/c1-7-17-10-15(6,11(3)4)9-13-14(16)12(5)18-19(13)8-2/h11,17H,7-10H2,1-6H3. The molecule has 1 rings (SSSR count). The minimum Gasteiger partial charge on any atom is -0.316 e. The van der Waals surface area contributed by atoms with Crippen LogP contribution in [-0.2, 0) is 13.0 Å². The summed E-state index contributed by atoms with van der Waals surface area (Å²) in [4.78, 5) is 0. The topological polar surface area (TPSA) is 29.9 Å². The summed E-state index contributed by atoms with van der Waals surface area (Å²) in [6.45, 7) is 16.4. The Labute approximate surface area is 126 Å².